The average molecular weight is 470 g/mol. The van der Waals surface area contributed by atoms with E-state index in [2.05, 4.69) is 32.1 Å². The molecule has 1 amide bonds. The smallest absolute Gasteiger partial charge is 0.247 e. The van der Waals surface area contributed by atoms with E-state index >= 15 is 4.39 Å². The number of H-pyrrole nitrogens is 1. The van der Waals surface area contributed by atoms with Crippen LogP contribution in [0.4, 0.5) is 10.1 Å². The van der Waals surface area contributed by atoms with Gasteiger partial charge in [-0.2, -0.15) is 10.2 Å². The normalized spacial score (nSPS) is 11.2. The van der Waals surface area contributed by atoms with Gasteiger partial charge >= 0.3 is 0 Å². The first-order valence-corrected chi connectivity index (χ1v) is 11.0. The number of benzene rings is 1. The number of nitrogens with zero attached hydrogens (tertiary/aromatic N) is 5. The van der Waals surface area contributed by atoms with Gasteiger partial charge in [0.2, 0.25) is 5.91 Å². The first-order chi connectivity index (χ1) is 16.7. The summed E-state index contributed by atoms with van der Waals surface area (Å²) in [7, 11) is 3.72. The predicted octanol–water partition coefficient (Wildman–Crippen LogP) is 4.91. The van der Waals surface area contributed by atoms with Gasteiger partial charge < -0.3 is 10.3 Å². The molecule has 0 bridgehead atoms. The summed E-state index contributed by atoms with van der Waals surface area (Å²) in [6.45, 7) is 7.10. The first kappa shape index (κ1) is 22.3. The predicted molar refractivity (Wildman–Crippen MR) is 134 cm³/mol. The number of fused-ring (bicyclic) bond motifs is 1. The standard InChI is InChI=1S/C26H24FN7O/c1-6-23(35)30-21-10-16(9-20(27)15(21)3)24-19-8-17(22-7-14(2)34(5)32-22)11-28-26(19)31-25(24)18-12-29-33(4)13-18/h6-13H,1H2,2-5H3,(H,28,31)(H,30,35). The third-order valence-electron chi connectivity index (χ3n) is 6.13. The third kappa shape index (κ3) is 3.90. The maximum Gasteiger partial charge on any atom is 0.247 e. The van der Waals surface area contributed by atoms with Crippen molar-refractivity contribution in [3.8, 4) is 33.6 Å². The maximum absolute atomic E-state index is 15.1. The van der Waals surface area contributed by atoms with Gasteiger partial charge in [0, 0.05) is 65.5 Å². The fraction of sp³-hybridized carbons (Fsp3) is 0.154. The Labute approximate surface area is 201 Å². The number of halogens is 1. The fourth-order valence-electron chi connectivity index (χ4n) is 4.12. The van der Waals surface area contributed by atoms with Crippen molar-refractivity contribution in [1.29, 1.82) is 0 Å². The number of pyridine rings is 1. The molecule has 9 heteroatoms. The van der Waals surface area contributed by atoms with Crippen LogP contribution < -0.4 is 5.32 Å². The Kier molecular flexibility index (Phi) is 5.32. The molecule has 0 fully saturated rings. The number of nitrogens with one attached hydrogen (secondary N) is 2. The van der Waals surface area contributed by atoms with Gasteiger partial charge in [0.1, 0.15) is 11.5 Å². The van der Waals surface area contributed by atoms with Crippen molar-refractivity contribution >= 4 is 22.6 Å². The average Bonchev–Trinajstić information content (AvgIpc) is 3.52. The summed E-state index contributed by atoms with van der Waals surface area (Å²) in [5.74, 6) is -0.844. The molecule has 5 aromatic rings. The van der Waals surface area contributed by atoms with E-state index in [1.165, 1.54) is 6.07 Å². The number of hydrogen-bond donors (Lipinski definition) is 2. The first-order valence-electron chi connectivity index (χ1n) is 11.0. The highest BCUT2D eigenvalue weighted by Crippen LogP contribution is 2.40. The lowest BCUT2D eigenvalue weighted by Gasteiger charge is -2.12. The van der Waals surface area contributed by atoms with Gasteiger partial charge in [-0.25, -0.2) is 9.37 Å². The van der Waals surface area contributed by atoms with Crippen LogP contribution in [0.2, 0.25) is 0 Å². The van der Waals surface area contributed by atoms with Crippen molar-refractivity contribution in [3.05, 3.63) is 72.6 Å². The zero-order valence-electron chi connectivity index (χ0n) is 19.8. The Bertz CT molecular complexity index is 1600. The highest BCUT2D eigenvalue weighted by molar-refractivity contribution is 6.05. The van der Waals surface area contributed by atoms with E-state index in [0.717, 1.165) is 45.2 Å². The van der Waals surface area contributed by atoms with E-state index in [1.807, 2.05) is 44.0 Å². The molecule has 2 N–H and O–H groups in total. The van der Waals surface area contributed by atoms with Crippen LogP contribution in [0.15, 0.2) is 55.5 Å². The van der Waals surface area contributed by atoms with Crippen LogP contribution in [0.25, 0.3) is 44.7 Å². The number of anilines is 1. The number of rotatable bonds is 5. The number of hydrogen-bond acceptors (Lipinski definition) is 4. The highest BCUT2D eigenvalue weighted by atomic mass is 19.1. The molecule has 0 aliphatic heterocycles. The van der Waals surface area contributed by atoms with Crippen LogP contribution >= 0.6 is 0 Å². The Morgan fingerprint density at radius 2 is 1.91 bits per heavy atom. The van der Waals surface area contributed by atoms with Crippen LogP contribution in [-0.2, 0) is 18.9 Å². The molecule has 176 valence electrons. The number of carbonyl (C=O) groups excluding carboxylic acids is 1. The van der Waals surface area contributed by atoms with E-state index in [4.69, 9.17) is 0 Å². The molecule has 0 saturated carbocycles. The number of amides is 1. The van der Waals surface area contributed by atoms with Crippen molar-refractivity contribution in [3.63, 3.8) is 0 Å². The minimum Gasteiger partial charge on any atom is -0.339 e. The minimum absolute atomic E-state index is 0.342. The van der Waals surface area contributed by atoms with Gasteiger partial charge in [-0.1, -0.05) is 6.58 Å². The van der Waals surface area contributed by atoms with Crippen molar-refractivity contribution in [1.82, 2.24) is 29.5 Å². The largest absolute Gasteiger partial charge is 0.339 e. The SMILES string of the molecule is C=CC(=O)Nc1cc(-c2c(-c3cnn(C)c3)[nH]c3ncc(-c4cc(C)n(C)n4)cc23)cc(F)c1C. The van der Waals surface area contributed by atoms with Crippen LogP contribution in [0, 0.1) is 19.7 Å². The van der Waals surface area contributed by atoms with Crippen LogP contribution in [-0.4, -0.2) is 35.4 Å². The van der Waals surface area contributed by atoms with E-state index < -0.39 is 11.7 Å². The molecular formula is C26H24FN7O. The van der Waals surface area contributed by atoms with Gasteiger partial charge in [0.25, 0.3) is 0 Å². The minimum atomic E-state index is -0.433. The second kappa shape index (κ2) is 8.35. The molecule has 8 nitrogen and oxygen atoms in total. The molecule has 0 unspecified atom stereocenters. The summed E-state index contributed by atoms with van der Waals surface area (Å²) in [6, 6.07) is 7.22. The molecule has 4 heterocycles. The molecule has 0 atom stereocenters. The zero-order chi connectivity index (χ0) is 24.9. The zero-order valence-corrected chi connectivity index (χ0v) is 19.8. The van der Waals surface area contributed by atoms with Gasteiger partial charge in [0.05, 0.1) is 17.6 Å². The van der Waals surface area contributed by atoms with Crippen LogP contribution in [0.5, 0.6) is 0 Å². The number of aromatic amines is 1. The number of aryl methyl sites for hydroxylation is 3. The molecular weight excluding hydrogens is 445 g/mol. The second-order valence-electron chi connectivity index (χ2n) is 8.52. The molecule has 5 rings (SSSR count). The van der Waals surface area contributed by atoms with Crippen molar-refractivity contribution in [2.75, 3.05) is 5.32 Å². The van der Waals surface area contributed by atoms with Crippen LogP contribution in [0.3, 0.4) is 0 Å². The lowest BCUT2D eigenvalue weighted by Crippen LogP contribution is -2.09. The molecule has 0 aliphatic carbocycles. The molecule has 0 saturated heterocycles. The highest BCUT2D eigenvalue weighted by Gasteiger charge is 2.21. The topological polar surface area (TPSA) is 93.4 Å². The van der Waals surface area contributed by atoms with Gasteiger partial charge in [-0.05, 0) is 49.8 Å². The Balaban J connectivity index is 1.78. The van der Waals surface area contributed by atoms with Gasteiger partial charge in [-0.3, -0.25) is 14.2 Å². The molecule has 35 heavy (non-hydrogen) atoms. The Hall–Kier alpha value is -4.53. The molecule has 0 radical (unpaired) electrons. The van der Waals surface area contributed by atoms with E-state index in [1.54, 1.807) is 30.1 Å². The van der Waals surface area contributed by atoms with Crippen molar-refractivity contribution in [2.24, 2.45) is 14.1 Å². The molecule has 4 aromatic heterocycles. The Morgan fingerprint density at radius 3 is 2.57 bits per heavy atom. The monoisotopic (exact) mass is 469 g/mol. The number of aromatic nitrogens is 6. The van der Waals surface area contributed by atoms with Crippen molar-refractivity contribution < 1.29 is 9.18 Å². The maximum atomic E-state index is 15.1. The van der Waals surface area contributed by atoms with Gasteiger partial charge in [-0.15, -0.1) is 0 Å². The quantitative estimate of drug-likeness (QED) is 0.358. The molecule has 0 aliphatic rings. The van der Waals surface area contributed by atoms with E-state index in [-0.39, 0.29) is 0 Å². The summed E-state index contributed by atoms with van der Waals surface area (Å²) in [6.07, 6.45) is 6.54. The van der Waals surface area contributed by atoms with Gasteiger partial charge in [0.15, 0.2) is 0 Å². The Morgan fingerprint density at radius 1 is 1.11 bits per heavy atom. The summed E-state index contributed by atoms with van der Waals surface area (Å²) in [5, 5.41) is 12.4. The van der Waals surface area contributed by atoms with Crippen LogP contribution in [0.1, 0.15) is 11.3 Å². The fourth-order valence-corrected chi connectivity index (χ4v) is 4.12. The second-order valence-corrected chi connectivity index (χ2v) is 8.52. The lowest BCUT2D eigenvalue weighted by molar-refractivity contribution is -0.111. The summed E-state index contributed by atoms with van der Waals surface area (Å²) < 4.78 is 18.6. The van der Waals surface area contributed by atoms with E-state index in [0.29, 0.717) is 22.5 Å². The number of carbonyl (C=O) groups is 1. The summed E-state index contributed by atoms with van der Waals surface area (Å²) in [4.78, 5) is 20.0. The molecule has 0 spiro atoms. The lowest BCUT2D eigenvalue weighted by atomic mass is 9.97. The van der Waals surface area contributed by atoms with Crippen molar-refractivity contribution in [2.45, 2.75) is 13.8 Å². The summed E-state index contributed by atoms with van der Waals surface area (Å²) >= 11 is 0. The summed E-state index contributed by atoms with van der Waals surface area (Å²) in [5.41, 5.74) is 6.94. The van der Waals surface area contributed by atoms with E-state index in [9.17, 15) is 4.79 Å². The third-order valence-corrected chi connectivity index (χ3v) is 6.13. The molecule has 1 aromatic carbocycles.